The molecule has 2 aromatic rings. The summed E-state index contributed by atoms with van der Waals surface area (Å²) in [4.78, 5) is 2.23. The van der Waals surface area contributed by atoms with E-state index in [9.17, 15) is 0 Å². The Balaban J connectivity index is 1.88. The average molecular weight is 259 g/mol. The van der Waals surface area contributed by atoms with Crippen LogP contribution in [0.4, 0.5) is 0 Å². The van der Waals surface area contributed by atoms with E-state index < -0.39 is 0 Å². The van der Waals surface area contributed by atoms with E-state index in [4.69, 9.17) is 9.52 Å². The number of furan rings is 1. The number of rotatable bonds is 6. The smallest absolute Gasteiger partial charge is 0.129 e. The number of benzene rings is 1. The van der Waals surface area contributed by atoms with E-state index in [0.717, 1.165) is 18.8 Å². The number of aliphatic hydroxyl groups excluding tert-OH is 1. The van der Waals surface area contributed by atoms with Crippen molar-refractivity contribution in [1.82, 2.24) is 4.90 Å². The fraction of sp³-hybridized carbons (Fsp3) is 0.375. The predicted molar refractivity (Wildman–Crippen MR) is 75.8 cm³/mol. The van der Waals surface area contributed by atoms with Gasteiger partial charge >= 0.3 is 0 Å². The Labute approximate surface area is 114 Å². The molecule has 0 saturated carbocycles. The zero-order valence-corrected chi connectivity index (χ0v) is 11.5. The highest BCUT2D eigenvalue weighted by Crippen LogP contribution is 2.17. The highest BCUT2D eigenvalue weighted by molar-refractivity contribution is 5.19. The van der Waals surface area contributed by atoms with Crippen LogP contribution >= 0.6 is 0 Å². The van der Waals surface area contributed by atoms with E-state index in [0.29, 0.717) is 11.7 Å². The van der Waals surface area contributed by atoms with E-state index in [1.165, 1.54) is 5.56 Å². The van der Waals surface area contributed by atoms with Crippen LogP contribution in [0.15, 0.2) is 46.9 Å². The first-order valence-electron chi connectivity index (χ1n) is 6.61. The molecule has 0 aliphatic rings. The molecule has 0 saturated heterocycles. The minimum absolute atomic E-state index is 0.0376. The van der Waals surface area contributed by atoms with Gasteiger partial charge in [-0.1, -0.05) is 37.3 Å². The van der Waals surface area contributed by atoms with Gasteiger partial charge in [-0.2, -0.15) is 0 Å². The Hall–Kier alpha value is -1.58. The highest BCUT2D eigenvalue weighted by atomic mass is 16.4. The first-order valence-corrected chi connectivity index (χ1v) is 6.61. The third kappa shape index (κ3) is 3.94. The lowest BCUT2D eigenvalue weighted by atomic mass is 10.0. The van der Waals surface area contributed by atoms with E-state index >= 15 is 0 Å². The highest BCUT2D eigenvalue weighted by Gasteiger charge is 2.10. The number of likely N-dealkylation sites (N-methyl/N-ethyl adjacent to an activating group) is 1. The fourth-order valence-electron chi connectivity index (χ4n) is 2.28. The average Bonchev–Trinajstić information content (AvgIpc) is 2.87. The number of aliphatic hydroxyl groups is 1. The molecular formula is C16H21NO2. The molecular weight excluding hydrogens is 238 g/mol. The molecule has 19 heavy (non-hydrogen) atoms. The van der Waals surface area contributed by atoms with Gasteiger partial charge in [0, 0.05) is 6.54 Å². The topological polar surface area (TPSA) is 36.6 Å². The Bertz CT molecular complexity index is 492. The maximum Gasteiger partial charge on any atom is 0.129 e. The second-order valence-electron chi connectivity index (χ2n) is 5.03. The second-order valence-corrected chi connectivity index (χ2v) is 5.03. The van der Waals surface area contributed by atoms with Gasteiger partial charge in [0.25, 0.3) is 0 Å². The van der Waals surface area contributed by atoms with Crippen LogP contribution in [0.3, 0.4) is 0 Å². The summed E-state index contributed by atoms with van der Waals surface area (Å²) in [6, 6.07) is 14.3. The predicted octanol–water partition coefficient (Wildman–Crippen LogP) is 3.01. The van der Waals surface area contributed by atoms with Crippen molar-refractivity contribution in [3.8, 4) is 0 Å². The van der Waals surface area contributed by atoms with E-state index in [1.54, 1.807) is 0 Å². The Morgan fingerprint density at radius 1 is 1.11 bits per heavy atom. The quantitative estimate of drug-likeness (QED) is 0.866. The first kappa shape index (κ1) is 13.8. The maximum absolute atomic E-state index is 8.97. The van der Waals surface area contributed by atoms with Gasteiger partial charge < -0.3 is 9.52 Å². The van der Waals surface area contributed by atoms with E-state index in [1.807, 2.05) is 18.2 Å². The molecule has 0 fully saturated rings. The van der Waals surface area contributed by atoms with Gasteiger partial charge in [0.15, 0.2) is 0 Å². The van der Waals surface area contributed by atoms with Crippen molar-refractivity contribution in [2.45, 2.75) is 26.0 Å². The largest absolute Gasteiger partial charge is 0.462 e. The third-order valence-electron chi connectivity index (χ3n) is 3.25. The van der Waals surface area contributed by atoms with Crippen LogP contribution in [0, 0.1) is 0 Å². The van der Waals surface area contributed by atoms with Crippen molar-refractivity contribution < 1.29 is 9.52 Å². The molecule has 1 N–H and O–H groups in total. The molecule has 1 heterocycles. The van der Waals surface area contributed by atoms with Crippen LogP contribution in [0.2, 0.25) is 0 Å². The van der Waals surface area contributed by atoms with Crippen molar-refractivity contribution in [3.05, 3.63) is 59.5 Å². The lowest BCUT2D eigenvalue weighted by Crippen LogP contribution is -2.22. The summed E-state index contributed by atoms with van der Waals surface area (Å²) < 4.78 is 5.50. The normalized spacial score (nSPS) is 12.8. The van der Waals surface area contributed by atoms with Crippen LogP contribution in [-0.2, 0) is 13.2 Å². The standard InChI is InChI=1S/C16H21NO2/c1-13(14-6-4-3-5-7-14)10-17(2)11-15-8-9-16(12-18)19-15/h3-9,13,18H,10-12H2,1-2H3/t13-/m1/s1. The van der Waals surface area contributed by atoms with Crippen LogP contribution in [0.1, 0.15) is 29.9 Å². The zero-order valence-electron chi connectivity index (χ0n) is 11.5. The van der Waals surface area contributed by atoms with Crippen LogP contribution in [-0.4, -0.2) is 23.6 Å². The summed E-state index contributed by atoms with van der Waals surface area (Å²) in [6.07, 6.45) is 0. The number of hydrogen-bond acceptors (Lipinski definition) is 3. The molecule has 3 nitrogen and oxygen atoms in total. The molecule has 0 radical (unpaired) electrons. The van der Waals surface area contributed by atoms with Gasteiger partial charge in [-0.25, -0.2) is 0 Å². The SMILES string of the molecule is C[C@H](CN(C)Cc1ccc(CO)o1)c1ccccc1. The molecule has 0 unspecified atom stereocenters. The second kappa shape index (κ2) is 6.55. The summed E-state index contributed by atoms with van der Waals surface area (Å²) in [5.74, 6) is 2.00. The molecule has 1 atom stereocenters. The van der Waals surface area contributed by atoms with Gasteiger partial charge in [0.1, 0.15) is 18.1 Å². The summed E-state index contributed by atoms with van der Waals surface area (Å²) >= 11 is 0. The third-order valence-corrected chi connectivity index (χ3v) is 3.25. The maximum atomic E-state index is 8.97. The summed E-state index contributed by atoms with van der Waals surface area (Å²) in [7, 11) is 2.08. The van der Waals surface area contributed by atoms with Crippen molar-refractivity contribution in [2.75, 3.05) is 13.6 Å². The van der Waals surface area contributed by atoms with Crippen molar-refractivity contribution in [1.29, 1.82) is 0 Å². The van der Waals surface area contributed by atoms with Crippen molar-refractivity contribution in [2.24, 2.45) is 0 Å². The summed E-state index contributed by atoms with van der Waals surface area (Å²) in [5.41, 5.74) is 1.35. The molecule has 0 bridgehead atoms. The minimum Gasteiger partial charge on any atom is -0.462 e. The Kier molecular flexibility index (Phi) is 4.77. The van der Waals surface area contributed by atoms with Gasteiger partial charge in [0.2, 0.25) is 0 Å². The van der Waals surface area contributed by atoms with Crippen LogP contribution in [0.25, 0.3) is 0 Å². The lowest BCUT2D eigenvalue weighted by molar-refractivity contribution is 0.230. The van der Waals surface area contributed by atoms with E-state index in [2.05, 4.69) is 43.1 Å². The number of hydrogen-bond donors (Lipinski definition) is 1. The van der Waals surface area contributed by atoms with Gasteiger partial charge in [-0.3, -0.25) is 4.90 Å². The molecule has 0 aliphatic heterocycles. The number of nitrogens with zero attached hydrogens (tertiary/aromatic N) is 1. The fourth-order valence-corrected chi connectivity index (χ4v) is 2.28. The molecule has 1 aromatic heterocycles. The van der Waals surface area contributed by atoms with Gasteiger partial charge in [-0.05, 0) is 30.7 Å². The van der Waals surface area contributed by atoms with Crippen LogP contribution in [0.5, 0.6) is 0 Å². The molecule has 1 aromatic carbocycles. The minimum atomic E-state index is -0.0376. The lowest BCUT2D eigenvalue weighted by Gasteiger charge is -2.20. The summed E-state index contributed by atoms with van der Waals surface area (Å²) in [6.45, 7) is 3.92. The Morgan fingerprint density at radius 3 is 2.42 bits per heavy atom. The molecule has 102 valence electrons. The molecule has 0 spiro atoms. The summed E-state index contributed by atoms with van der Waals surface area (Å²) in [5, 5.41) is 8.97. The van der Waals surface area contributed by atoms with Gasteiger partial charge in [0.05, 0.1) is 6.54 Å². The first-order chi connectivity index (χ1) is 9.19. The van der Waals surface area contributed by atoms with Gasteiger partial charge in [-0.15, -0.1) is 0 Å². The van der Waals surface area contributed by atoms with E-state index in [-0.39, 0.29) is 6.61 Å². The van der Waals surface area contributed by atoms with Crippen molar-refractivity contribution in [3.63, 3.8) is 0 Å². The molecule has 2 rings (SSSR count). The van der Waals surface area contributed by atoms with Crippen LogP contribution < -0.4 is 0 Å². The van der Waals surface area contributed by atoms with Crippen molar-refractivity contribution >= 4 is 0 Å². The molecule has 3 heteroatoms. The Morgan fingerprint density at radius 2 is 1.79 bits per heavy atom. The molecule has 0 amide bonds. The monoisotopic (exact) mass is 259 g/mol. The zero-order chi connectivity index (χ0) is 13.7. The molecule has 0 aliphatic carbocycles.